The highest BCUT2D eigenvalue weighted by atomic mass is 16.3. The van der Waals surface area contributed by atoms with Crippen LogP contribution in [-0.4, -0.2) is 46.2 Å². The van der Waals surface area contributed by atoms with Crippen LogP contribution >= 0.6 is 0 Å². The highest BCUT2D eigenvalue weighted by Crippen LogP contribution is 2.28. The standard InChI is InChI=1S/C24H30N4O/c1-17-6-7-23-20(11-17)13-21(24(26-23)28-10-4-5-22(29)16-28)15-27(3)14-19-8-9-25-18(2)12-19/h6-9,11-13,22,29H,4-5,10,14-16H2,1-3H3/t22-/m1/s1. The Morgan fingerprint density at radius 3 is 2.79 bits per heavy atom. The van der Waals surface area contributed by atoms with Crippen LogP contribution in [0.1, 0.15) is 35.2 Å². The Morgan fingerprint density at radius 2 is 2.00 bits per heavy atom. The number of aliphatic hydroxyl groups is 1. The van der Waals surface area contributed by atoms with Gasteiger partial charge in [0.25, 0.3) is 0 Å². The molecule has 1 fully saturated rings. The van der Waals surface area contributed by atoms with Crippen molar-refractivity contribution in [3.05, 3.63) is 65.0 Å². The van der Waals surface area contributed by atoms with Crippen LogP contribution in [0.25, 0.3) is 10.9 Å². The number of anilines is 1. The monoisotopic (exact) mass is 390 g/mol. The predicted octanol–water partition coefficient (Wildman–Crippen LogP) is 3.84. The molecular weight excluding hydrogens is 360 g/mol. The van der Waals surface area contributed by atoms with Crippen molar-refractivity contribution in [2.24, 2.45) is 0 Å². The maximum absolute atomic E-state index is 10.2. The van der Waals surface area contributed by atoms with Crippen LogP contribution in [0.5, 0.6) is 0 Å². The van der Waals surface area contributed by atoms with Crippen molar-refractivity contribution in [3.8, 4) is 0 Å². The van der Waals surface area contributed by atoms with Gasteiger partial charge in [-0.15, -0.1) is 0 Å². The van der Waals surface area contributed by atoms with E-state index in [4.69, 9.17) is 4.98 Å². The van der Waals surface area contributed by atoms with Crippen molar-refractivity contribution < 1.29 is 5.11 Å². The smallest absolute Gasteiger partial charge is 0.133 e. The summed E-state index contributed by atoms with van der Waals surface area (Å²) in [6.07, 6.45) is 3.48. The number of hydrogen-bond donors (Lipinski definition) is 1. The van der Waals surface area contributed by atoms with E-state index in [0.29, 0.717) is 6.54 Å². The highest BCUT2D eigenvalue weighted by molar-refractivity contribution is 5.82. The van der Waals surface area contributed by atoms with Gasteiger partial charge in [-0.05, 0) is 69.6 Å². The van der Waals surface area contributed by atoms with Crippen LogP contribution in [0.15, 0.2) is 42.6 Å². The van der Waals surface area contributed by atoms with Gasteiger partial charge in [-0.1, -0.05) is 11.6 Å². The quantitative estimate of drug-likeness (QED) is 0.717. The Morgan fingerprint density at radius 1 is 1.14 bits per heavy atom. The number of aryl methyl sites for hydroxylation is 2. The Balaban J connectivity index is 1.65. The molecule has 0 unspecified atom stereocenters. The molecular formula is C24H30N4O. The molecule has 29 heavy (non-hydrogen) atoms. The number of aromatic nitrogens is 2. The summed E-state index contributed by atoms with van der Waals surface area (Å²) >= 11 is 0. The lowest BCUT2D eigenvalue weighted by Gasteiger charge is -2.33. The number of pyridine rings is 2. The summed E-state index contributed by atoms with van der Waals surface area (Å²) < 4.78 is 0. The number of aliphatic hydroxyl groups excluding tert-OH is 1. The molecule has 0 radical (unpaired) electrons. The zero-order chi connectivity index (χ0) is 20.4. The molecule has 3 aromatic rings. The Kier molecular flexibility index (Phi) is 5.79. The van der Waals surface area contributed by atoms with E-state index >= 15 is 0 Å². The van der Waals surface area contributed by atoms with Gasteiger partial charge in [0.1, 0.15) is 5.82 Å². The minimum absolute atomic E-state index is 0.273. The molecule has 152 valence electrons. The fourth-order valence-electron chi connectivity index (χ4n) is 4.23. The van der Waals surface area contributed by atoms with Crippen LogP contribution in [0.4, 0.5) is 5.82 Å². The van der Waals surface area contributed by atoms with Gasteiger partial charge in [-0.25, -0.2) is 4.98 Å². The Labute approximate surface area is 173 Å². The van der Waals surface area contributed by atoms with Gasteiger partial charge < -0.3 is 10.0 Å². The number of hydrogen-bond acceptors (Lipinski definition) is 5. The molecule has 1 atom stereocenters. The molecule has 1 aromatic carbocycles. The molecule has 1 aliphatic rings. The van der Waals surface area contributed by atoms with Gasteiger partial charge in [0.2, 0.25) is 0 Å². The number of rotatable bonds is 5. The SMILES string of the molecule is Cc1ccc2nc(N3CCC[C@@H](O)C3)c(CN(C)Cc3ccnc(C)c3)cc2c1. The van der Waals surface area contributed by atoms with Gasteiger partial charge in [0.05, 0.1) is 11.6 Å². The topological polar surface area (TPSA) is 52.5 Å². The third-order valence-corrected chi connectivity index (χ3v) is 5.58. The van der Waals surface area contributed by atoms with Gasteiger partial charge in [-0.3, -0.25) is 9.88 Å². The van der Waals surface area contributed by atoms with E-state index < -0.39 is 0 Å². The molecule has 2 aromatic heterocycles. The second-order valence-electron chi connectivity index (χ2n) is 8.39. The van der Waals surface area contributed by atoms with Crippen molar-refractivity contribution in [2.45, 2.75) is 45.9 Å². The fourth-order valence-corrected chi connectivity index (χ4v) is 4.23. The normalized spacial score (nSPS) is 17.3. The minimum atomic E-state index is -0.273. The number of fused-ring (bicyclic) bond motifs is 1. The van der Waals surface area contributed by atoms with E-state index in [9.17, 15) is 5.11 Å². The lowest BCUT2D eigenvalue weighted by Crippen LogP contribution is -2.39. The van der Waals surface area contributed by atoms with E-state index in [1.807, 2.05) is 13.1 Å². The average Bonchev–Trinajstić information content (AvgIpc) is 2.67. The van der Waals surface area contributed by atoms with E-state index in [1.54, 1.807) is 0 Å². The molecule has 1 N–H and O–H groups in total. The summed E-state index contributed by atoms with van der Waals surface area (Å²) in [6.45, 7) is 7.41. The van der Waals surface area contributed by atoms with Crippen molar-refractivity contribution in [3.63, 3.8) is 0 Å². The molecule has 1 saturated heterocycles. The van der Waals surface area contributed by atoms with E-state index in [0.717, 1.165) is 49.5 Å². The zero-order valence-corrected chi connectivity index (χ0v) is 17.6. The summed E-state index contributed by atoms with van der Waals surface area (Å²) in [5.41, 5.74) is 5.78. The van der Waals surface area contributed by atoms with Crippen LogP contribution in [0.3, 0.4) is 0 Å². The molecule has 0 saturated carbocycles. The minimum Gasteiger partial charge on any atom is -0.391 e. The molecule has 1 aliphatic heterocycles. The van der Waals surface area contributed by atoms with Crippen molar-refractivity contribution in [2.75, 3.05) is 25.0 Å². The molecule has 5 heteroatoms. The number of piperidine rings is 1. The largest absolute Gasteiger partial charge is 0.391 e. The Hall–Kier alpha value is -2.50. The first-order valence-electron chi connectivity index (χ1n) is 10.4. The maximum Gasteiger partial charge on any atom is 0.133 e. The van der Waals surface area contributed by atoms with E-state index in [1.165, 1.54) is 22.1 Å². The molecule has 4 rings (SSSR count). The second-order valence-corrected chi connectivity index (χ2v) is 8.39. The number of β-amino-alcohol motifs (C(OH)–C–C–N with tert-alkyl or cyclic N) is 1. The van der Waals surface area contributed by atoms with Crippen LogP contribution < -0.4 is 4.90 Å². The third kappa shape index (κ3) is 4.74. The van der Waals surface area contributed by atoms with Crippen LogP contribution in [0.2, 0.25) is 0 Å². The van der Waals surface area contributed by atoms with Crippen LogP contribution in [-0.2, 0) is 13.1 Å². The van der Waals surface area contributed by atoms with Gasteiger partial charge in [0.15, 0.2) is 0 Å². The van der Waals surface area contributed by atoms with E-state index in [-0.39, 0.29) is 6.10 Å². The van der Waals surface area contributed by atoms with Gasteiger partial charge in [0, 0.05) is 49.0 Å². The first-order valence-corrected chi connectivity index (χ1v) is 10.4. The first-order chi connectivity index (χ1) is 14.0. The average molecular weight is 391 g/mol. The highest BCUT2D eigenvalue weighted by Gasteiger charge is 2.22. The van der Waals surface area contributed by atoms with Crippen molar-refractivity contribution in [1.82, 2.24) is 14.9 Å². The summed E-state index contributed by atoms with van der Waals surface area (Å²) in [7, 11) is 2.14. The van der Waals surface area contributed by atoms with Gasteiger partial charge >= 0.3 is 0 Å². The molecule has 0 bridgehead atoms. The summed E-state index contributed by atoms with van der Waals surface area (Å²) in [6, 6.07) is 12.9. The molecule has 0 spiro atoms. The predicted molar refractivity (Wildman–Crippen MR) is 118 cm³/mol. The van der Waals surface area contributed by atoms with Gasteiger partial charge in [-0.2, -0.15) is 0 Å². The lowest BCUT2D eigenvalue weighted by molar-refractivity contribution is 0.153. The van der Waals surface area contributed by atoms with Crippen LogP contribution in [0, 0.1) is 13.8 Å². The summed E-state index contributed by atoms with van der Waals surface area (Å²) in [5, 5.41) is 11.4. The lowest BCUT2D eigenvalue weighted by atomic mass is 10.1. The number of benzene rings is 1. The van der Waals surface area contributed by atoms with Crippen molar-refractivity contribution >= 4 is 16.7 Å². The van der Waals surface area contributed by atoms with Crippen molar-refractivity contribution in [1.29, 1.82) is 0 Å². The maximum atomic E-state index is 10.2. The fraction of sp³-hybridized carbons (Fsp3) is 0.417. The summed E-state index contributed by atoms with van der Waals surface area (Å²) in [4.78, 5) is 13.9. The first kappa shape index (κ1) is 19.8. The van der Waals surface area contributed by atoms with E-state index in [2.05, 4.69) is 65.2 Å². The zero-order valence-electron chi connectivity index (χ0n) is 17.6. The second kappa shape index (κ2) is 8.47. The molecule has 0 aliphatic carbocycles. The number of nitrogens with zero attached hydrogens (tertiary/aromatic N) is 4. The Bertz CT molecular complexity index is 1000. The molecule has 5 nitrogen and oxygen atoms in total. The summed E-state index contributed by atoms with van der Waals surface area (Å²) in [5.74, 6) is 1.01. The third-order valence-electron chi connectivity index (χ3n) is 5.58. The molecule has 0 amide bonds. The molecule has 3 heterocycles.